The maximum absolute atomic E-state index is 10.9. The lowest BCUT2D eigenvalue weighted by molar-refractivity contribution is -0.118. The molecule has 1 rings (SSSR count). The third-order valence-corrected chi connectivity index (χ3v) is 2.35. The van der Waals surface area contributed by atoms with Crippen molar-refractivity contribution in [3.8, 4) is 5.75 Å². The Balaban J connectivity index is 2.73. The Bertz CT molecular complexity index is 335. The summed E-state index contributed by atoms with van der Waals surface area (Å²) in [5.74, 6) is 0.522. The van der Waals surface area contributed by atoms with Crippen LogP contribution in [-0.2, 0) is 4.79 Å². The maximum atomic E-state index is 10.9. The van der Waals surface area contributed by atoms with Gasteiger partial charge in [0.1, 0.15) is 5.75 Å². The molecule has 1 unspecified atom stereocenters. The van der Waals surface area contributed by atoms with Gasteiger partial charge in [-0.05, 0) is 31.7 Å². The van der Waals surface area contributed by atoms with Crippen LogP contribution in [0.2, 0.25) is 0 Å². The van der Waals surface area contributed by atoms with Crippen molar-refractivity contribution < 1.29 is 9.53 Å². The van der Waals surface area contributed by atoms with E-state index < -0.39 is 0 Å². The van der Waals surface area contributed by atoms with E-state index in [0.29, 0.717) is 13.0 Å². The van der Waals surface area contributed by atoms with Gasteiger partial charge in [0.05, 0.1) is 6.61 Å². The summed E-state index contributed by atoms with van der Waals surface area (Å²) < 4.78 is 5.34. The first-order valence-corrected chi connectivity index (χ1v) is 5.35. The van der Waals surface area contributed by atoms with E-state index in [2.05, 4.69) is 5.32 Å². The fourth-order valence-corrected chi connectivity index (χ4v) is 1.55. The van der Waals surface area contributed by atoms with E-state index in [1.54, 1.807) is 0 Å². The van der Waals surface area contributed by atoms with Crippen LogP contribution in [0.3, 0.4) is 0 Å². The Hall–Kier alpha value is -1.55. The predicted molar refractivity (Wildman–Crippen MR) is 63.2 cm³/mol. The Kier molecular flexibility index (Phi) is 4.79. The van der Waals surface area contributed by atoms with Crippen molar-refractivity contribution in [1.29, 1.82) is 0 Å². The van der Waals surface area contributed by atoms with Crippen molar-refractivity contribution in [1.82, 2.24) is 5.32 Å². The van der Waals surface area contributed by atoms with Crippen molar-refractivity contribution in [2.24, 2.45) is 5.73 Å². The smallest absolute Gasteiger partial charge is 0.219 e. The summed E-state index contributed by atoms with van der Waals surface area (Å²) in [5, 5.41) is 3.06. The van der Waals surface area contributed by atoms with Crippen LogP contribution in [-0.4, -0.2) is 19.6 Å². The Morgan fingerprint density at radius 2 is 2.06 bits per heavy atom. The van der Waals surface area contributed by atoms with Crippen LogP contribution in [0.4, 0.5) is 0 Å². The van der Waals surface area contributed by atoms with Crippen LogP contribution in [0.5, 0.6) is 5.75 Å². The van der Waals surface area contributed by atoms with Gasteiger partial charge in [0.25, 0.3) is 0 Å². The second kappa shape index (κ2) is 6.12. The number of hydrogen-bond donors (Lipinski definition) is 2. The van der Waals surface area contributed by atoms with Gasteiger partial charge in [-0.3, -0.25) is 4.79 Å². The highest BCUT2D eigenvalue weighted by Gasteiger charge is 2.11. The third kappa shape index (κ3) is 3.55. The molecule has 0 aromatic heterocycles. The zero-order valence-electron chi connectivity index (χ0n) is 9.69. The lowest BCUT2D eigenvalue weighted by Gasteiger charge is -2.15. The summed E-state index contributed by atoms with van der Waals surface area (Å²) in [6, 6.07) is 7.63. The molecule has 16 heavy (non-hydrogen) atoms. The van der Waals surface area contributed by atoms with Crippen LogP contribution in [0.15, 0.2) is 24.3 Å². The minimum absolute atomic E-state index is 0.0341. The SMILES string of the molecule is CCOc1ccc(C(CC(N)=O)NC)cc1. The summed E-state index contributed by atoms with van der Waals surface area (Å²) in [6.45, 7) is 2.59. The van der Waals surface area contributed by atoms with Crippen molar-refractivity contribution in [3.05, 3.63) is 29.8 Å². The molecule has 4 nitrogen and oxygen atoms in total. The number of nitrogens with one attached hydrogen (secondary N) is 1. The highest BCUT2D eigenvalue weighted by Crippen LogP contribution is 2.19. The van der Waals surface area contributed by atoms with E-state index in [4.69, 9.17) is 10.5 Å². The van der Waals surface area contributed by atoms with Gasteiger partial charge in [-0.15, -0.1) is 0 Å². The fraction of sp³-hybridized carbons (Fsp3) is 0.417. The van der Waals surface area contributed by atoms with E-state index >= 15 is 0 Å². The number of primary amides is 1. The summed E-state index contributed by atoms with van der Waals surface area (Å²) in [7, 11) is 1.81. The van der Waals surface area contributed by atoms with Crippen LogP contribution in [0.25, 0.3) is 0 Å². The predicted octanol–water partition coefficient (Wildman–Crippen LogP) is 1.22. The van der Waals surface area contributed by atoms with E-state index in [1.165, 1.54) is 0 Å². The standard InChI is InChI=1S/C12H18N2O2/c1-3-16-10-6-4-9(5-7-10)11(14-2)8-12(13)15/h4-7,11,14H,3,8H2,1-2H3,(H2,13,15). The van der Waals surface area contributed by atoms with Gasteiger partial charge < -0.3 is 15.8 Å². The highest BCUT2D eigenvalue weighted by atomic mass is 16.5. The molecule has 1 aromatic rings. The highest BCUT2D eigenvalue weighted by molar-refractivity contribution is 5.74. The number of carbonyl (C=O) groups excluding carboxylic acids is 1. The zero-order valence-corrected chi connectivity index (χ0v) is 9.69. The van der Waals surface area contributed by atoms with Crippen molar-refractivity contribution in [3.63, 3.8) is 0 Å². The molecule has 1 amide bonds. The molecule has 0 aliphatic carbocycles. The molecule has 0 spiro atoms. The average molecular weight is 222 g/mol. The zero-order chi connectivity index (χ0) is 12.0. The molecule has 3 N–H and O–H groups in total. The number of ether oxygens (including phenoxy) is 1. The molecule has 88 valence electrons. The van der Waals surface area contributed by atoms with Gasteiger partial charge in [0, 0.05) is 12.5 Å². The molecule has 1 atom stereocenters. The number of hydrogen-bond acceptors (Lipinski definition) is 3. The second-order valence-corrected chi connectivity index (χ2v) is 3.51. The minimum atomic E-state index is -0.312. The molecular weight excluding hydrogens is 204 g/mol. The molecule has 0 radical (unpaired) electrons. The van der Waals surface area contributed by atoms with Gasteiger partial charge in [0.15, 0.2) is 0 Å². The molecule has 0 saturated heterocycles. The Morgan fingerprint density at radius 1 is 1.44 bits per heavy atom. The van der Waals surface area contributed by atoms with Gasteiger partial charge in [-0.2, -0.15) is 0 Å². The monoisotopic (exact) mass is 222 g/mol. The quantitative estimate of drug-likeness (QED) is 0.760. The van der Waals surface area contributed by atoms with Crippen LogP contribution in [0.1, 0.15) is 24.9 Å². The first-order chi connectivity index (χ1) is 7.67. The lowest BCUT2D eigenvalue weighted by atomic mass is 10.0. The maximum Gasteiger partial charge on any atom is 0.219 e. The molecule has 4 heteroatoms. The summed E-state index contributed by atoms with van der Waals surface area (Å²) in [5.41, 5.74) is 6.21. The minimum Gasteiger partial charge on any atom is -0.494 e. The third-order valence-electron chi connectivity index (χ3n) is 2.35. The Morgan fingerprint density at radius 3 is 2.50 bits per heavy atom. The summed E-state index contributed by atoms with van der Waals surface area (Å²) in [4.78, 5) is 10.9. The van der Waals surface area contributed by atoms with Gasteiger partial charge in [-0.1, -0.05) is 12.1 Å². The molecule has 0 aliphatic heterocycles. The fourth-order valence-electron chi connectivity index (χ4n) is 1.55. The normalized spacial score (nSPS) is 12.1. The van der Waals surface area contributed by atoms with Gasteiger partial charge in [-0.25, -0.2) is 0 Å². The molecule has 0 saturated carbocycles. The molecule has 0 bridgehead atoms. The molecule has 0 aliphatic rings. The topological polar surface area (TPSA) is 64.3 Å². The lowest BCUT2D eigenvalue weighted by Crippen LogP contribution is -2.23. The van der Waals surface area contributed by atoms with Gasteiger partial charge in [0.2, 0.25) is 5.91 Å². The van der Waals surface area contributed by atoms with E-state index in [1.807, 2.05) is 38.2 Å². The van der Waals surface area contributed by atoms with Crippen molar-refractivity contribution in [2.45, 2.75) is 19.4 Å². The summed E-state index contributed by atoms with van der Waals surface area (Å²) in [6.07, 6.45) is 0.296. The molecular formula is C12H18N2O2. The summed E-state index contributed by atoms with van der Waals surface area (Å²) >= 11 is 0. The van der Waals surface area contributed by atoms with Crippen LogP contribution < -0.4 is 15.8 Å². The molecule has 0 fully saturated rings. The van der Waals surface area contributed by atoms with Crippen LogP contribution in [0, 0.1) is 0 Å². The van der Waals surface area contributed by atoms with E-state index in [-0.39, 0.29) is 11.9 Å². The number of amides is 1. The number of nitrogens with two attached hydrogens (primary N) is 1. The number of benzene rings is 1. The first kappa shape index (κ1) is 12.5. The average Bonchev–Trinajstić information content (AvgIpc) is 2.27. The van der Waals surface area contributed by atoms with Crippen molar-refractivity contribution >= 4 is 5.91 Å². The molecule has 1 aromatic carbocycles. The first-order valence-electron chi connectivity index (χ1n) is 5.35. The molecule has 0 heterocycles. The second-order valence-electron chi connectivity index (χ2n) is 3.51. The van der Waals surface area contributed by atoms with Crippen molar-refractivity contribution in [2.75, 3.05) is 13.7 Å². The van der Waals surface area contributed by atoms with Gasteiger partial charge >= 0.3 is 0 Å². The number of rotatable bonds is 6. The number of carbonyl (C=O) groups is 1. The largest absolute Gasteiger partial charge is 0.494 e. The Labute approximate surface area is 95.8 Å². The van der Waals surface area contributed by atoms with E-state index in [9.17, 15) is 4.79 Å². The van der Waals surface area contributed by atoms with Crippen LogP contribution >= 0.6 is 0 Å². The van der Waals surface area contributed by atoms with E-state index in [0.717, 1.165) is 11.3 Å².